The number of aliphatic hydroxyl groups is 2. The molecule has 0 saturated carbocycles. The minimum atomic E-state index is -0.435. The van der Waals surface area contributed by atoms with Crippen LogP contribution in [0.1, 0.15) is 156 Å². The van der Waals surface area contributed by atoms with Crippen LogP contribution >= 0.6 is 0 Å². The summed E-state index contributed by atoms with van der Waals surface area (Å²) in [5.74, 6) is 0. The molecule has 0 aromatic carbocycles. The summed E-state index contributed by atoms with van der Waals surface area (Å²) in [6, 6.07) is 0. The van der Waals surface area contributed by atoms with Gasteiger partial charge in [-0.3, -0.25) is 0 Å². The molecular formula is C32H66O5. The van der Waals surface area contributed by atoms with E-state index in [1.54, 1.807) is 0 Å². The van der Waals surface area contributed by atoms with Crippen molar-refractivity contribution in [3.8, 4) is 0 Å². The molecule has 0 aromatic rings. The fourth-order valence-electron chi connectivity index (χ4n) is 5.26. The molecule has 0 aliphatic rings. The van der Waals surface area contributed by atoms with Gasteiger partial charge in [0, 0.05) is 0 Å². The molecule has 0 bridgehead atoms. The van der Waals surface area contributed by atoms with E-state index < -0.39 is 5.60 Å². The highest BCUT2D eigenvalue weighted by Gasteiger charge is 2.32. The van der Waals surface area contributed by atoms with Crippen LogP contribution in [-0.4, -0.2) is 61.1 Å². The Morgan fingerprint density at radius 3 is 1.24 bits per heavy atom. The van der Waals surface area contributed by atoms with Crippen molar-refractivity contribution in [3.63, 3.8) is 0 Å². The lowest BCUT2D eigenvalue weighted by Gasteiger charge is -2.35. The van der Waals surface area contributed by atoms with Crippen LogP contribution in [0.15, 0.2) is 0 Å². The number of hydrogen-bond donors (Lipinski definition) is 2. The highest BCUT2D eigenvalue weighted by Crippen LogP contribution is 2.29. The van der Waals surface area contributed by atoms with Crippen molar-refractivity contribution in [2.75, 3.05) is 39.6 Å². The molecule has 0 radical (unpaired) electrons. The van der Waals surface area contributed by atoms with E-state index in [-0.39, 0.29) is 18.8 Å². The smallest absolute Gasteiger partial charge is 0.0916 e. The first-order chi connectivity index (χ1) is 18.1. The predicted octanol–water partition coefficient (Wildman–Crippen LogP) is 8.38. The van der Waals surface area contributed by atoms with E-state index in [1.165, 1.54) is 77.0 Å². The van der Waals surface area contributed by atoms with Crippen molar-refractivity contribution in [1.29, 1.82) is 0 Å². The van der Waals surface area contributed by atoms with E-state index in [0.717, 1.165) is 51.4 Å². The molecule has 5 nitrogen and oxygen atoms in total. The van der Waals surface area contributed by atoms with Crippen LogP contribution in [-0.2, 0) is 14.2 Å². The van der Waals surface area contributed by atoms with Gasteiger partial charge in [0.15, 0.2) is 0 Å². The predicted molar refractivity (Wildman–Crippen MR) is 157 cm³/mol. The average molecular weight is 531 g/mol. The van der Waals surface area contributed by atoms with Crippen molar-refractivity contribution in [2.45, 2.75) is 167 Å². The first-order valence-corrected chi connectivity index (χ1v) is 16.1. The largest absolute Gasteiger partial charge is 0.394 e. The maximum Gasteiger partial charge on any atom is 0.0916 e. The molecule has 0 rings (SSSR count). The van der Waals surface area contributed by atoms with Crippen LogP contribution in [0.3, 0.4) is 0 Å². The van der Waals surface area contributed by atoms with Gasteiger partial charge in [-0.1, -0.05) is 130 Å². The summed E-state index contributed by atoms with van der Waals surface area (Å²) < 4.78 is 18.9. The van der Waals surface area contributed by atoms with Gasteiger partial charge in [0.05, 0.1) is 50.8 Å². The van der Waals surface area contributed by atoms with Gasteiger partial charge in [0.25, 0.3) is 0 Å². The zero-order valence-corrected chi connectivity index (χ0v) is 25.5. The van der Waals surface area contributed by atoms with Gasteiger partial charge in [-0.15, -0.1) is 0 Å². The van der Waals surface area contributed by atoms with Crippen molar-refractivity contribution in [1.82, 2.24) is 0 Å². The Morgan fingerprint density at radius 2 is 0.865 bits per heavy atom. The van der Waals surface area contributed by atoms with Gasteiger partial charge in [-0.05, 0) is 25.7 Å². The van der Waals surface area contributed by atoms with Gasteiger partial charge < -0.3 is 24.4 Å². The third-order valence-electron chi connectivity index (χ3n) is 7.73. The van der Waals surface area contributed by atoms with Crippen LogP contribution in [0.4, 0.5) is 0 Å². The quantitative estimate of drug-likeness (QED) is 0.0913. The molecule has 2 N–H and O–H groups in total. The van der Waals surface area contributed by atoms with E-state index >= 15 is 0 Å². The van der Waals surface area contributed by atoms with E-state index in [2.05, 4.69) is 27.7 Å². The summed E-state index contributed by atoms with van der Waals surface area (Å²) in [6.45, 7) is 11.0. The minimum Gasteiger partial charge on any atom is -0.394 e. The Bertz CT molecular complexity index is 432. The van der Waals surface area contributed by atoms with Gasteiger partial charge in [-0.2, -0.15) is 0 Å². The highest BCUT2D eigenvalue weighted by molar-refractivity contribution is 4.82. The molecule has 224 valence electrons. The fourth-order valence-corrected chi connectivity index (χ4v) is 5.26. The van der Waals surface area contributed by atoms with Gasteiger partial charge in [0.1, 0.15) is 0 Å². The number of ether oxygens (including phenoxy) is 3. The van der Waals surface area contributed by atoms with E-state index in [9.17, 15) is 10.2 Å². The maximum absolute atomic E-state index is 10.3. The maximum atomic E-state index is 10.3. The Labute approximate surface area is 231 Å². The number of rotatable bonds is 30. The third-order valence-corrected chi connectivity index (χ3v) is 7.73. The van der Waals surface area contributed by atoms with Crippen molar-refractivity contribution < 1.29 is 24.4 Å². The molecular weight excluding hydrogens is 464 g/mol. The Morgan fingerprint density at radius 1 is 0.459 bits per heavy atom. The number of aliphatic hydroxyl groups excluding tert-OH is 2. The summed E-state index contributed by atoms with van der Waals surface area (Å²) >= 11 is 0. The van der Waals surface area contributed by atoms with Gasteiger partial charge in [0.2, 0.25) is 0 Å². The van der Waals surface area contributed by atoms with Crippen LogP contribution < -0.4 is 0 Å². The molecule has 0 unspecified atom stereocenters. The van der Waals surface area contributed by atoms with Crippen molar-refractivity contribution in [2.24, 2.45) is 0 Å². The summed E-state index contributed by atoms with van der Waals surface area (Å²) in [6.07, 6.45) is 23.0. The Balaban J connectivity index is 4.98. The van der Waals surface area contributed by atoms with Crippen LogP contribution in [0.5, 0.6) is 0 Å². The first kappa shape index (κ1) is 36.8. The second kappa shape index (κ2) is 26.0. The van der Waals surface area contributed by atoms with Crippen LogP contribution in [0, 0.1) is 0 Å². The molecule has 37 heavy (non-hydrogen) atoms. The van der Waals surface area contributed by atoms with Gasteiger partial charge >= 0.3 is 0 Å². The second-order valence-corrected chi connectivity index (χ2v) is 11.2. The lowest BCUT2D eigenvalue weighted by atomic mass is 9.90. The Hall–Kier alpha value is -0.200. The standard InChI is InChI=1S/C32H66O5/c1-5-9-13-17-21-31(29-34,22-18-14-10-6-2)37-28-27-35-30-32(36-26-25-33,23-19-15-11-7-3)24-20-16-12-8-4/h33-34H,5-30H2,1-4H3. The monoisotopic (exact) mass is 530 g/mol. The Kier molecular flexibility index (Phi) is 25.9. The molecule has 0 atom stereocenters. The van der Waals surface area contributed by atoms with E-state index in [1.807, 2.05) is 0 Å². The average Bonchev–Trinajstić information content (AvgIpc) is 2.92. The normalized spacial score (nSPS) is 12.5. The molecule has 0 aromatic heterocycles. The molecule has 5 heteroatoms. The van der Waals surface area contributed by atoms with E-state index in [4.69, 9.17) is 14.2 Å². The molecule has 0 saturated heterocycles. The highest BCUT2D eigenvalue weighted by atomic mass is 16.6. The van der Waals surface area contributed by atoms with E-state index in [0.29, 0.717) is 26.4 Å². The topological polar surface area (TPSA) is 68.2 Å². The fraction of sp³-hybridized carbons (Fsp3) is 1.00. The second-order valence-electron chi connectivity index (χ2n) is 11.2. The third kappa shape index (κ3) is 19.5. The zero-order chi connectivity index (χ0) is 27.5. The van der Waals surface area contributed by atoms with Gasteiger partial charge in [-0.25, -0.2) is 0 Å². The molecule has 0 heterocycles. The summed E-state index contributed by atoms with van der Waals surface area (Å²) in [5, 5.41) is 19.8. The number of unbranched alkanes of at least 4 members (excludes halogenated alkanes) is 12. The molecule has 0 aliphatic carbocycles. The lowest BCUT2D eigenvalue weighted by Crippen LogP contribution is -2.41. The summed E-state index contributed by atoms with van der Waals surface area (Å²) in [4.78, 5) is 0. The van der Waals surface area contributed by atoms with Crippen LogP contribution in [0.2, 0.25) is 0 Å². The molecule has 0 aliphatic heterocycles. The molecule has 0 spiro atoms. The minimum absolute atomic E-state index is 0.0455. The molecule has 0 fully saturated rings. The zero-order valence-electron chi connectivity index (χ0n) is 25.5. The summed E-state index contributed by atoms with van der Waals surface area (Å²) in [5.41, 5.74) is -0.756. The number of hydrogen-bond acceptors (Lipinski definition) is 5. The van der Waals surface area contributed by atoms with Crippen molar-refractivity contribution >= 4 is 0 Å². The van der Waals surface area contributed by atoms with Crippen LogP contribution in [0.25, 0.3) is 0 Å². The van der Waals surface area contributed by atoms with Crippen molar-refractivity contribution in [3.05, 3.63) is 0 Å². The molecule has 0 amide bonds. The SMILES string of the molecule is CCCCCCC(CO)(CCCCCC)OCCOCC(CCCCCC)(CCCCCC)OCCO. The summed E-state index contributed by atoms with van der Waals surface area (Å²) in [7, 11) is 0. The first-order valence-electron chi connectivity index (χ1n) is 16.1. The lowest BCUT2D eigenvalue weighted by molar-refractivity contribution is -0.138.